The van der Waals surface area contributed by atoms with Crippen molar-refractivity contribution in [1.82, 2.24) is 0 Å². The normalized spacial score (nSPS) is 11.5. The van der Waals surface area contributed by atoms with E-state index < -0.39 is 6.89 Å². The predicted molar refractivity (Wildman–Crippen MR) is 178 cm³/mol. The fraction of sp³-hybridized carbons (Fsp3) is 0.0270. The Morgan fingerprint density at radius 1 is 0.698 bits per heavy atom. The van der Waals surface area contributed by atoms with E-state index in [0.717, 1.165) is 15.9 Å². The summed E-state index contributed by atoms with van der Waals surface area (Å²) in [6.07, 6.45) is 1.43. The van der Waals surface area contributed by atoms with Crippen molar-refractivity contribution in [3.05, 3.63) is 161 Å². The van der Waals surface area contributed by atoms with Gasteiger partial charge in [-0.1, -0.05) is 103 Å². The Labute approximate surface area is 249 Å². The van der Waals surface area contributed by atoms with Gasteiger partial charge < -0.3 is 9.15 Å². The first kappa shape index (κ1) is 27.9. The van der Waals surface area contributed by atoms with Gasteiger partial charge in [0.1, 0.15) is 11.3 Å². The minimum Gasteiger partial charge on any atom is -0.497 e. The molecule has 0 aliphatic heterocycles. The number of ketones is 1. The van der Waals surface area contributed by atoms with Crippen LogP contribution < -0.4 is 26.1 Å². The highest BCUT2D eigenvalue weighted by Crippen LogP contribution is 2.44. The Bertz CT molecular complexity index is 1930. The number of fused-ring (bicyclic) bond motifs is 1. The van der Waals surface area contributed by atoms with Gasteiger partial charge in [-0.05, 0) is 65.0 Å². The van der Waals surface area contributed by atoms with E-state index in [4.69, 9.17) is 9.15 Å². The second-order valence-electron chi connectivity index (χ2n) is 9.85. The van der Waals surface area contributed by atoms with Gasteiger partial charge in [0.25, 0.3) is 0 Å². The van der Waals surface area contributed by atoms with Gasteiger partial charge >= 0.3 is 0 Å². The number of hydrogen-bond donors (Lipinski definition) is 0. The maximum absolute atomic E-state index is 14.6. The minimum absolute atomic E-state index is 0.0480. The summed E-state index contributed by atoms with van der Waals surface area (Å²) in [6.45, 7) is -2.65. The first-order chi connectivity index (χ1) is 21.1. The van der Waals surface area contributed by atoms with Crippen LogP contribution in [-0.2, 0) is 0 Å². The van der Waals surface area contributed by atoms with E-state index in [0.29, 0.717) is 22.4 Å². The quantitative estimate of drug-likeness (QED) is 0.116. The van der Waals surface area contributed by atoms with Crippen LogP contribution in [0.1, 0.15) is 16.1 Å². The van der Waals surface area contributed by atoms with Crippen LogP contribution in [0, 0.1) is 0 Å². The molecule has 0 spiro atoms. The van der Waals surface area contributed by atoms with Gasteiger partial charge in [0.05, 0.1) is 23.7 Å². The summed E-state index contributed by atoms with van der Waals surface area (Å²) in [5.41, 5.74) is 0.728. The summed E-state index contributed by atoms with van der Waals surface area (Å²) < 4.78 is 11.5. The average molecular weight is 582 g/mol. The summed E-state index contributed by atoms with van der Waals surface area (Å²) in [4.78, 5) is 32.9. The lowest BCUT2D eigenvalue weighted by atomic mass is 10.1. The predicted octanol–water partition coefficient (Wildman–Crippen LogP) is 6.53. The van der Waals surface area contributed by atoms with Crippen LogP contribution in [0.3, 0.4) is 0 Å². The molecule has 210 valence electrons. The van der Waals surface area contributed by atoms with Crippen LogP contribution in [-0.4, -0.2) is 24.9 Å². The van der Waals surface area contributed by atoms with Crippen molar-refractivity contribution in [3.8, 4) is 5.75 Å². The molecule has 0 amide bonds. The minimum atomic E-state index is -2.65. The van der Waals surface area contributed by atoms with Gasteiger partial charge in [0, 0.05) is 6.21 Å². The number of carbonyl (C=O) groups excluding carboxylic acids is 1. The summed E-state index contributed by atoms with van der Waals surface area (Å²) in [6, 6.07) is 44.2. The molecule has 1 heterocycles. The van der Waals surface area contributed by atoms with E-state index in [-0.39, 0.29) is 22.5 Å². The fourth-order valence-electron chi connectivity index (χ4n) is 5.16. The third-order valence-corrected chi connectivity index (χ3v) is 11.2. The Hall–Kier alpha value is -5.25. The van der Waals surface area contributed by atoms with Gasteiger partial charge in [-0.2, -0.15) is 0 Å². The van der Waals surface area contributed by atoms with Crippen molar-refractivity contribution in [3.63, 3.8) is 0 Å². The van der Waals surface area contributed by atoms with E-state index in [1.165, 1.54) is 6.21 Å². The fourth-order valence-corrected chi connectivity index (χ4v) is 8.90. The van der Waals surface area contributed by atoms with E-state index in [9.17, 15) is 9.59 Å². The van der Waals surface area contributed by atoms with Gasteiger partial charge in [-0.15, -0.1) is 0 Å². The molecule has 0 aliphatic rings. The molecule has 5 nitrogen and oxygen atoms in total. The van der Waals surface area contributed by atoms with Crippen molar-refractivity contribution < 1.29 is 13.9 Å². The maximum atomic E-state index is 14.6. The lowest BCUT2D eigenvalue weighted by molar-refractivity contribution is 0.104. The van der Waals surface area contributed by atoms with Crippen molar-refractivity contribution in [2.45, 2.75) is 0 Å². The molecule has 0 bridgehead atoms. The van der Waals surface area contributed by atoms with Crippen LogP contribution in [0.4, 0.5) is 5.69 Å². The topological polar surface area (TPSA) is 68.9 Å². The Kier molecular flexibility index (Phi) is 7.99. The molecule has 6 aromatic rings. The van der Waals surface area contributed by atoms with Gasteiger partial charge in [0.2, 0.25) is 11.2 Å². The van der Waals surface area contributed by atoms with Crippen LogP contribution in [0.25, 0.3) is 11.0 Å². The number of benzene rings is 5. The zero-order chi connectivity index (χ0) is 29.6. The highest BCUT2D eigenvalue weighted by atomic mass is 31.2. The number of rotatable bonds is 8. The van der Waals surface area contributed by atoms with Crippen LogP contribution in [0.2, 0.25) is 0 Å². The molecular weight excluding hydrogens is 553 g/mol. The standard InChI is InChI=1S/C37H28NO4P/c1-41-28-23-21-27(22-24-28)38-25-33-36(40)32-19-11-12-20-35(32)42-37(33)34(39)26-43(29-13-5-2-6-14-29,30-15-7-3-8-16-30)31-17-9-4-10-18-31/h2-26H,1H3. The van der Waals surface area contributed by atoms with E-state index in [2.05, 4.69) is 41.4 Å². The Balaban J connectivity index is 1.62. The number of aliphatic imine (C=N–C) groups is 1. The smallest absolute Gasteiger partial charge is 0.222 e. The molecule has 0 saturated carbocycles. The first-order valence-electron chi connectivity index (χ1n) is 13.8. The molecule has 0 saturated heterocycles. The first-order valence-corrected chi connectivity index (χ1v) is 15.7. The second-order valence-corrected chi connectivity index (χ2v) is 13.1. The van der Waals surface area contributed by atoms with Crippen molar-refractivity contribution in [2.75, 3.05) is 7.11 Å². The second kappa shape index (κ2) is 12.3. The molecule has 0 radical (unpaired) electrons. The number of para-hydroxylation sites is 1. The molecule has 0 unspecified atom stereocenters. The number of Topliss-reactive ketones (excluding diaryl/α,β-unsaturated/α-hetero) is 1. The van der Waals surface area contributed by atoms with Crippen LogP contribution >= 0.6 is 6.89 Å². The van der Waals surface area contributed by atoms with E-state index >= 15 is 0 Å². The van der Waals surface area contributed by atoms with Crippen LogP contribution in [0.15, 0.2) is 154 Å². The number of methoxy groups -OCH3 is 1. The molecule has 0 N–H and O–H groups in total. The molecule has 0 atom stereocenters. The molecule has 6 rings (SSSR count). The summed E-state index contributed by atoms with van der Waals surface area (Å²) in [5.74, 6) is 2.03. The van der Waals surface area contributed by atoms with Gasteiger partial charge in [-0.25, -0.2) is 0 Å². The maximum Gasteiger partial charge on any atom is 0.222 e. The van der Waals surface area contributed by atoms with Crippen molar-refractivity contribution in [2.24, 2.45) is 4.99 Å². The van der Waals surface area contributed by atoms with E-state index in [1.54, 1.807) is 61.4 Å². The zero-order valence-electron chi connectivity index (χ0n) is 23.5. The lowest BCUT2D eigenvalue weighted by Gasteiger charge is -2.28. The highest BCUT2D eigenvalue weighted by molar-refractivity contribution is 7.95. The Morgan fingerprint density at radius 2 is 1.21 bits per heavy atom. The largest absolute Gasteiger partial charge is 0.497 e. The zero-order valence-corrected chi connectivity index (χ0v) is 24.4. The molecule has 0 aliphatic carbocycles. The van der Waals surface area contributed by atoms with Gasteiger partial charge in [0.15, 0.2) is 5.76 Å². The van der Waals surface area contributed by atoms with Crippen LogP contribution in [0.5, 0.6) is 5.75 Å². The number of hydrogen-bond acceptors (Lipinski definition) is 5. The third-order valence-electron chi connectivity index (χ3n) is 7.27. The van der Waals surface area contributed by atoms with E-state index in [1.807, 2.05) is 54.6 Å². The monoisotopic (exact) mass is 581 g/mol. The van der Waals surface area contributed by atoms with Gasteiger partial charge in [-0.3, -0.25) is 14.6 Å². The number of nitrogens with zero attached hydrogens (tertiary/aromatic N) is 1. The molecule has 5 aromatic carbocycles. The Morgan fingerprint density at radius 3 is 1.74 bits per heavy atom. The molecular formula is C37H28NO4P. The molecule has 1 aromatic heterocycles. The van der Waals surface area contributed by atoms with Crippen molar-refractivity contribution >= 4 is 57.3 Å². The number of ether oxygens (including phenoxy) is 1. The third kappa shape index (κ3) is 5.51. The summed E-state index contributed by atoms with van der Waals surface area (Å²) in [5, 5.41) is 3.41. The number of carbonyl (C=O) groups is 1. The lowest BCUT2D eigenvalue weighted by Crippen LogP contribution is -2.29. The summed E-state index contributed by atoms with van der Waals surface area (Å²) in [7, 11) is 1.59. The molecule has 6 heteroatoms. The highest BCUT2D eigenvalue weighted by Gasteiger charge is 2.28. The SMILES string of the molecule is COc1ccc(N=Cc2c(C(=O)C=P(c3ccccc3)(c3ccccc3)c3ccccc3)oc3ccccc3c2=O)cc1. The summed E-state index contributed by atoms with van der Waals surface area (Å²) >= 11 is 0. The average Bonchev–Trinajstić information content (AvgIpc) is 3.08. The van der Waals surface area contributed by atoms with Crippen molar-refractivity contribution in [1.29, 1.82) is 0 Å². The molecule has 0 fully saturated rings. The molecule has 43 heavy (non-hydrogen) atoms.